The Labute approximate surface area is 114 Å². The Bertz CT molecular complexity index is 551. The van der Waals surface area contributed by atoms with Gasteiger partial charge in [0.2, 0.25) is 0 Å². The average Bonchev–Trinajstić information content (AvgIpc) is 2.78. The van der Waals surface area contributed by atoms with E-state index >= 15 is 0 Å². The first kappa shape index (κ1) is 12.8. The quantitative estimate of drug-likeness (QED) is 0.816. The van der Waals surface area contributed by atoms with E-state index < -0.39 is 0 Å². The smallest absolute Gasteiger partial charge is 0.327 e. The molecule has 0 amide bonds. The molecule has 0 spiro atoms. The summed E-state index contributed by atoms with van der Waals surface area (Å²) in [4.78, 5) is 11.3. The van der Waals surface area contributed by atoms with Gasteiger partial charge in [0.15, 0.2) is 0 Å². The van der Waals surface area contributed by atoms with E-state index in [2.05, 4.69) is 21.0 Å². The highest BCUT2D eigenvalue weighted by Crippen LogP contribution is 2.27. The molecule has 18 heavy (non-hydrogen) atoms. The number of hydrogen-bond donors (Lipinski definition) is 0. The minimum atomic E-state index is -0.278. The first-order valence-corrected chi connectivity index (χ1v) is 6.43. The van der Waals surface area contributed by atoms with Crippen LogP contribution in [-0.2, 0) is 16.1 Å². The number of aromatic nitrogens is 2. The number of esters is 1. The molecule has 2 aromatic rings. The van der Waals surface area contributed by atoms with Crippen molar-refractivity contribution in [2.75, 3.05) is 6.61 Å². The summed E-state index contributed by atoms with van der Waals surface area (Å²) in [5.41, 5.74) is 2.01. The van der Waals surface area contributed by atoms with E-state index in [1.165, 1.54) is 0 Å². The summed E-state index contributed by atoms with van der Waals surface area (Å²) in [6.45, 7) is 2.31. The first-order chi connectivity index (χ1) is 8.70. The molecule has 0 atom stereocenters. The van der Waals surface area contributed by atoms with E-state index in [-0.39, 0.29) is 12.5 Å². The number of benzene rings is 1. The monoisotopic (exact) mass is 308 g/mol. The second kappa shape index (κ2) is 5.82. The third-order valence-corrected chi connectivity index (χ3v) is 3.11. The number of nitrogens with zero attached hydrogens (tertiary/aromatic N) is 2. The second-order valence-corrected chi connectivity index (χ2v) is 4.57. The van der Waals surface area contributed by atoms with Crippen molar-refractivity contribution in [3.63, 3.8) is 0 Å². The first-order valence-electron chi connectivity index (χ1n) is 5.63. The normalized spacial score (nSPS) is 10.3. The zero-order valence-electron chi connectivity index (χ0n) is 9.97. The van der Waals surface area contributed by atoms with Crippen LogP contribution < -0.4 is 0 Å². The molecule has 0 bridgehead atoms. The number of hydrogen-bond acceptors (Lipinski definition) is 3. The largest absolute Gasteiger partial charge is 0.465 e. The van der Waals surface area contributed by atoms with Gasteiger partial charge in [0.25, 0.3) is 0 Å². The Balaban J connectivity index is 2.16. The molecule has 94 valence electrons. The second-order valence-electron chi connectivity index (χ2n) is 3.71. The van der Waals surface area contributed by atoms with Crippen LogP contribution in [0.3, 0.4) is 0 Å². The third-order valence-electron chi connectivity index (χ3n) is 2.41. The fourth-order valence-electron chi connectivity index (χ4n) is 1.62. The maximum atomic E-state index is 11.3. The van der Waals surface area contributed by atoms with Gasteiger partial charge in [-0.3, -0.25) is 9.48 Å². The maximum Gasteiger partial charge on any atom is 0.327 e. The lowest BCUT2D eigenvalue weighted by molar-refractivity contribution is -0.144. The van der Waals surface area contributed by atoms with Gasteiger partial charge in [-0.05, 0) is 18.6 Å². The van der Waals surface area contributed by atoms with Crippen molar-refractivity contribution >= 4 is 21.9 Å². The number of carbonyl (C=O) groups is 1. The number of carbonyl (C=O) groups excluding carboxylic acids is 1. The van der Waals surface area contributed by atoms with Crippen molar-refractivity contribution in [3.05, 3.63) is 41.1 Å². The molecule has 1 heterocycles. The van der Waals surface area contributed by atoms with Crippen LogP contribution in [0.2, 0.25) is 0 Å². The van der Waals surface area contributed by atoms with Crippen LogP contribution in [-0.4, -0.2) is 22.4 Å². The highest BCUT2D eigenvalue weighted by Gasteiger charge is 2.08. The molecular formula is C13H13BrN2O2. The van der Waals surface area contributed by atoms with Gasteiger partial charge in [0, 0.05) is 16.2 Å². The number of rotatable bonds is 4. The van der Waals surface area contributed by atoms with Crippen LogP contribution in [0.25, 0.3) is 11.1 Å². The van der Waals surface area contributed by atoms with E-state index in [1.807, 2.05) is 30.5 Å². The van der Waals surface area contributed by atoms with Gasteiger partial charge in [0.05, 0.1) is 12.8 Å². The molecule has 0 unspecified atom stereocenters. The van der Waals surface area contributed by atoms with Crippen molar-refractivity contribution in [2.24, 2.45) is 0 Å². The summed E-state index contributed by atoms with van der Waals surface area (Å²) in [5, 5.41) is 4.15. The minimum absolute atomic E-state index is 0.137. The van der Waals surface area contributed by atoms with Crippen LogP contribution in [0, 0.1) is 0 Å². The summed E-state index contributed by atoms with van der Waals surface area (Å²) < 4.78 is 7.45. The van der Waals surface area contributed by atoms with Gasteiger partial charge in [0.1, 0.15) is 6.54 Å². The van der Waals surface area contributed by atoms with Crippen LogP contribution in [0.4, 0.5) is 0 Å². The lowest BCUT2D eigenvalue weighted by Crippen LogP contribution is -2.13. The lowest BCUT2D eigenvalue weighted by atomic mass is 10.1. The number of halogens is 1. The predicted molar refractivity (Wildman–Crippen MR) is 72.0 cm³/mol. The van der Waals surface area contributed by atoms with Gasteiger partial charge in [-0.1, -0.05) is 34.1 Å². The highest BCUT2D eigenvalue weighted by molar-refractivity contribution is 9.10. The Morgan fingerprint density at radius 2 is 2.22 bits per heavy atom. The Kier molecular flexibility index (Phi) is 4.15. The van der Waals surface area contributed by atoms with Gasteiger partial charge in [-0.25, -0.2) is 0 Å². The molecule has 4 nitrogen and oxygen atoms in total. The summed E-state index contributed by atoms with van der Waals surface area (Å²) in [6.07, 6.45) is 3.57. The standard InChI is InChI=1S/C13H13BrN2O2/c1-2-18-13(17)9-16-8-10(7-15-16)11-5-3-4-6-12(11)14/h3-8H,2,9H2,1H3. The molecule has 0 aliphatic carbocycles. The van der Waals surface area contributed by atoms with Crippen molar-refractivity contribution < 1.29 is 9.53 Å². The fraction of sp³-hybridized carbons (Fsp3) is 0.231. The minimum Gasteiger partial charge on any atom is -0.465 e. The van der Waals surface area contributed by atoms with Gasteiger partial charge in [-0.15, -0.1) is 0 Å². The molecule has 0 aliphatic heterocycles. The topological polar surface area (TPSA) is 44.1 Å². The van der Waals surface area contributed by atoms with E-state index in [9.17, 15) is 4.79 Å². The Morgan fingerprint density at radius 1 is 1.44 bits per heavy atom. The molecule has 2 rings (SSSR count). The molecule has 0 saturated carbocycles. The van der Waals surface area contributed by atoms with Crippen molar-refractivity contribution in [3.8, 4) is 11.1 Å². The zero-order chi connectivity index (χ0) is 13.0. The SMILES string of the molecule is CCOC(=O)Cn1cc(-c2ccccc2Br)cn1. The van der Waals surface area contributed by atoms with Crippen LogP contribution in [0.1, 0.15) is 6.92 Å². The Hall–Kier alpha value is -1.62. The predicted octanol–water partition coefficient (Wildman–Crippen LogP) is 2.88. The highest BCUT2D eigenvalue weighted by atomic mass is 79.9. The maximum absolute atomic E-state index is 11.3. The van der Waals surface area contributed by atoms with Crippen molar-refractivity contribution in [1.29, 1.82) is 0 Å². The molecule has 0 fully saturated rings. The summed E-state index contributed by atoms with van der Waals surface area (Å²) >= 11 is 3.49. The summed E-state index contributed by atoms with van der Waals surface area (Å²) in [6, 6.07) is 7.88. The fourth-order valence-corrected chi connectivity index (χ4v) is 2.14. The van der Waals surface area contributed by atoms with Crippen LogP contribution in [0.5, 0.6) is 0 Å². The van der Waals surface area contributed by atoms with Crippen LogP contribution in [0.15, 0.2) is 41.1 Å². The molecule has 5 heteroatoms. The van der Waals surface area contributed by atoms with E-state index in [0.717, 1.165) is 15.6 Å². The molecular weight excluding hydrogens is 296 g/mol. The van der Waals surface area contributed by atoms with Crippen molar-refractivity contribution in [1.82, 2.24) is 9.78 Å². The summed E-state index contributed by atoms with van der Waals surface area (Å²) in [5.74, 6) is -0.278. The molecule has 0 aliphatic rings. The molecule has 0 saturated heterocycles. The average molecular weight is 309 g/mol. The summed E-state index contributed by atoms with van der Waals surface area (Å²) in [7, 11) is 0. The molecule has 1 aromatic heterocycles. The Morgan fingerprint density at radius 3 is 2.94 bits per heavy atom. The van der Waals surface area contributed by atoms with Crippen molar-refractivity contribution in [2.45, 2.75) is 13.5 Å². The number of ether oxygens (including phenoxy) is 1. The lowest BCUT2D eigenvalue weighted by Gasteiger charge is -2.01. The molecule has 0 N–H and O–H groups in total. The molecule has 1 aromatic carbocycles. The third kappa shape index (κ3) is 2.98. The van der Waals surface area contributed by atoms with E-state index in [4.69, 9.17) is 4.74 Å². The van der Waals surface area contributed by atoms with E-state index in [0.29, 0.717) is 6.61 Å². The molecule has 0 radical (unpaired) electrons. The van der Waals surface area contributed by atoms with Crippen LogP contribution >= 0.6 is 15.9 Å². The zero-order valence-corrected chi connectivity index (χ0v) is 11.6. The van der Waals surface area contributed by atoms with Gasteiger partial charge < -0.3 is 4.74 Å². The van der Waals surface area contributed by atoms with E-state index in [1.54, 1.807) is 17.8 Å². The van der Waals surface area contributed by atoms with Gasteiger partial charge in [-0.2, -0.15) is 5.10 Å². The van der Waals surface area contributed by atoms with Gasteiger partial charge >= 0.3 is 5.97 Å².